The van der Waals surface area contributed by atoms with E-state index in [1.165, 1.54) is 30.3 Å². The van der Waals surface area contributed by atoms with Crippen LogP contribution in [0.25, 0.3) is 0 Å². The smallest absolute Gasteiger partial charge is 0.426 e. The number of hydrogen-bond donors (Lipinski definition) is 2. The lowest BCUT2D eigenvalue weighted by molar-refractivity contribution is -0.242. The number of aliphatic hydroxyl groups is 1. The van der Waals surface area contributed by atoms with Crippen LogP contribution in [0.3, 0.4) is 0 Å². The van der Waals surface area contributed by atoms with Gasteiger partial charge in [-0.2, -0.15) is 13.2 Å². The molecule has 0 aliphatic heterocycles. The van der Waals surface area contributed by atoms with Gasteiger partial charge in [-0.25, -0.2) is 9.37 Å². The molecule has 1 heterocycles. The van der Waals surface area contributed by atoms with Gasteiger partial charge in [0.1, 0.15) is 23.1 Å². The Morgan fingerprint density at radius 2 is 1.92 bits per heavy atom. The zero-order valence-electron chi connectivity index (χ0n) is 12.3. The first-order valence-corrected chi connectivity index (χ1v) is 6.59. The first kappa shape index (κ1) is 17.7. The zero-order chi connectivity index (χ0) is 18.0. The van der Waals surface area contributed by atoms with Crippen LogP contribution in [-0.4, -0.2) is 27.8 Å². The summed E-state index contributed by atoms with van der Waals surface area (Å²) in [4.78, 5) is 15.2. The Hall–Kier alpha value is -2.68. The highest BCUT2D eigenvalue weighted by Crippen LogP contribution is 2.31. The van der Waals surface area contributed by atoms with Gasteiger partial charge in [0.15, 0.2) is 0 Å². The van der Waals surface area contributed by atoms with E-state index in [1.807, 2.05) is 5.32 Å². The van der Waals surface area contributed by atoms with Crippen molar-refractivity contribution in [2.24, 2.45) is 0 Å². The average Bonchev–Trinajstić information content (AvgIpc) is 2.48. The van der Waals surface area contributed by atoms with E-state index < -0.39 is 23.5 Å². The van der Waals surface area contributed by atoms with Crippen molar-refractivity contribution in [2.45, 2.75) is 18.7 Å². The van der Waals surface area contributed by atoms with Crippen LogP contribution in [-0.2, 0) is 4.79 Å². The molecule has 1 unspecified atom stereocenters. The number of rotatable bonds is 4. The van der Waals surface area contributed by atoms with Gasteiger partial charge in [-0.05, 0) is 31.2 Å². The molecule has 0 saturated heterocycles. The van der Waals surface area contributed by atoms with Crippen LogP contribution in [0.15, 0.2) is 42.6 Å². The molecule has 128 valence electrons. The molecule has 0 fully saturated rings. The van der Waals surface area contributed by atoms with Gasteiger partial charge in [-0.15, -0.1) is 0 Å². The number of anilines is 1. The number of alkyl halides is 3. The van der Waals surface area contributed by atoms with Crippen molar-refractivity contribution >= 4 is 11.7 Å². The summed E-state index contributed by atoms with van der Waals surface area (Å²) in [6, 6.07) is 7.80. The SMILES string of the molecule is CC(O)(C(=O)Nc1ccc(Oc2cccc(F)c2)cn1)C(F)(F)F. The van der Waals surface area contributed by atoms with Gasteiger partial charge in [0.2, 0.25) is 5.60 Å². The fourth-order valence-corrected chi connectivity index (χ4v) is 1.55. The Balaban J connectivity index is 2.06. The van der Waals surface area contributed by atoms with Crippen molar-refractivity contribution in [1.29, 1.82) is 0 Å². The topological polar surface area (TPSA) is 71.5 Å². The molecule has 0 bridgehead atoms. The largest absolute Gasteiger partial charge is 0.456 e. The van der Waals surface area contributed by atoms with Crippen LogP contribution in [0.5, 0.6) is 11.5 Å². The fourth-order valence-electron chi connectivity index (χ4n) is 1.55. The number of pyridine rings is 1. The third-order valence-electron chi connectivity index (χ3n) is 3.00. The molecule has 0 aliphatic carbocycles. The van der Waals surface area contributed by atoms with Crippen LogP contribution in [0.1, 0.15) is 6.92 Å². The number of nitrogens with zero attached hydrogens (tertiary/aromatic N) is 1. The summed E-state index contributed by atoms with van der Waals surface area (Å²) in [5.74, 6) is -1.99. The van der Waals surface area contributed by atoms with Crippen molar-refractivity contribution in [3.63, 3.8) is 0 Å². The zero-order valence-corrected chi connectivity index (χ0v) is 12.3. The molecule has 0 saturated carbocycles. The van der Waals surface area contributed by atoms with Crippen LogP contribution in [0, 0.1) is 5.82 Å². The van der Waals surface area contributed by atoms with E-state index in [1.54, 1.807) is 0 Å². The second-order valence-corrected chi connectivity index (χ2v) is 4.96. The predicted octanol–water partition coefficient (Wildman–Crippen LogP) is 3.26. The van der Waals surface area contributed by atoms with Gasteiger partial charge in [0, 0.05) is 6.07 Å². The van der Waals surface area contributed by atoms with Crippen molar-refractivity contribution in [3.8, 4) is 11.5 Å². The summed E-state index contributed by atoms with van der Waals surface area (Å²) in [6.45, 7) is 0.337. The molecular weight excluding hydrogens is 332 g/mol. The van der Waals surface area contributed by atoms with Crippen LogP contribution in [0.2, 0.25) is 0 Å². The Labute approximate surface area is 133 Å². The van der Waals surface area contributed by atoms with E-state index in [9.17, 15) is 27.5 Å². The minimum Gasteiger partial charge on any atom is -0.456 e. The number of nitrogens with one attached hydrogen (secondary N) is 1. The lowest BCUT2D eigenvalue weighted by atomic mass is 10.1. The van der Waals surface area contributed by atoms with Gasteiger partial charge in [0.25, 0.3) is 5.91 Å². The van der Waals surface area contributed by atoms with Crippen molar-refractivity contribution in [3.05, 3.63) is 48.4 Å². The van der Waals surface area contributed by atoms with Gasteiger partial charge >= 0.3 is 6.18 Å². The van der Waals surface area contributed by atoms with E-state index in [4.69, 9.17) is 4.74 Å². The number of halogens is 4. The molecule has 2 aromatic rings. The highest BCUT2D eigenvalue weighted by Gasteiger charge is 2.55. The number of amides is 1. The number of carbonyl (C=O) groups is 1. The van der Waals surface area contributed by atoms with Crippen LogP contribution < -0.4 is 10.1 Å². The quantitative estimate of drug-likeness (QED) is 0.835. The molecule has 9 heteroatoms. The normalized spacial score (nSPS) is 13.9. The monoisotopic (exact) mass is 344 g/mol. The first-order chi connectivity index (χ1) is 11.1. The number of ether oxygens (including phenoxy) is 1. The molecule has 5 nitrogen and oxygen atoms in total. The molecule has 0 spiro atoms. The van der Waals surface area contributed by atoms with Crippen molar-refractivity contribution < 1.29 is 32.2 Å². The Bertz CT molecular complexity index is 730. The highest BCUT2D eigenvalue weighted by molar-refractivity contribution is 5.96. The minimum atomic E-state index is -5.13. The summed E-state index contributed by atoms with van der Waals surface area (Å²) in [5, 5.41) is 11.1. The van der Waals surface area contributed by atoms with Gasteiger partial charge < -0.3 is 15.2 Å². The summed E-state index contributed by atoms with van der Waals surface area (Å²) < 4.78 is 56.0. The average molecular weight is 344 g/mol. The van der Waals surface area contributed by atoms with E-state index in [0.717, 1.165) is 12.3 Å². The Morgan fingerprint density at radius 1 is 1.21 bits per heavy atom. The van der Waals surface area contributed by atoms with Gasteiger partial charge in [0.05, 0.1) is 6.20 Å². The van der Waals surface area contributed by atoms with E-state index >= 15 is 0 Å². The maximum atomic E-state index is 13.0. The molecule has 1 aromatic carbocycles. The highest BCUT2D eigenvalue weighted by atomic mass is 19.4. The third-order valence-corrected chi connectivity index (χ3v) is 3.00. The molecular formula is C15H12F4N2O3. The summed E-state index contributed by atoms with van der Waals surface area (Å²) in [6.07, 6.45) is -4.00. The molecule has 2 rings (SSSR count). The second-order valence-electron chi connectivity index (χ2n) is 4.96. The summed E-state index contributed by atoms with van der Waals surface area (Å²) >= 11 is 0. The third kappa shape index (κ3) is 3.99. The van der Waals surface area contributed by atoms with E-state index in [0.29, 0.717) is 6.92 Å². The molecule has 1 atom stereocenters. The molecule has 1 amide bonds. The number of aromatic nitrogens is 1. The van der Waals surface area contributed by atoms with Crippen LogP contribution in [0.4, 0.5) is 23.4 Å². The summed E-state index contributed by atoms with van der Waals surface area (Å²) in [7, 11) is 0. The number of hydrogen-bond acceptors (Lipinski definition) is 4. The number of carbonyl (C=O) groups excluding carboxylic acids is 1. The van der Waals surface area contributed by atoms with Gasteiger partial charge in [-0.1, -0.05) is 6.07 Å². The van der Waals surface area contributed by atoms with Crippen molar-refractivity contribution in [2.75, 3.05) is 5.32 Å². The fraction of sp³-hybridized carbons (Fsp3) is 0.200. The minimum absolute atomic E-state index is 0.182. The van der Waals surface area contributed by atoms with E-state index in [2.05, 4.69) is 4.98 Å². The van der Waals surface area contributed by atoms with Gasteiger partial charge in [-0.3, -0.25) is 4.79 Å². The molecule has 1 aromatic heterocycles. The second kappa shape index (κ2) is 6.44. The summed E-state index contributed by atoms with van der Waals surface area (Å²) in [5.41, 5.74) is -3.55. The maximum absolute atomic E-state index is 13.0. The molecule has 0 radical (unpaired) electrons. The van der Waals surface area contributed by atoms with Crippen molar-refractivity contribution in [1.82, 2.24) is 4.98 Å². The first-order valence-electron chi connectivity index (χ1n) is 6.59. The Morgan fingerprint density at radius 3 is 2.46 bits per heavy atom. The van der Waals surface area contributed by atoms with E-state index in [-0.39, 0.29) is 17.3 Å². The standard InChI is InChI=1S/C15H12F4N2O3/c1-14(23,15(17,18)19)13(22)21-12-6-5-11(8-20-12)24-10-4-2-3-9(16)7-10/h2-8,23H,1H3,(H,20,21,22). The molecule has 0 aliphatic rings. The molecule has 2 N–H and O–H groups in total. The lowest BCUT2D eigenvalue weighted by Crippen LogP contribution is -2.52. The predicted molar refractivity (Wildman–Crippen MR) is 76.0 cm³/mol. The number of benzene rings is 1. The maximum Gasteiger partial charge on any atom is 0.426 e. The molecule has 24 heavy (non-hydrogen) atoms. The Kier molecular flexibility index (Phi) is 4.74. The lowest BCUT2D eigenvalue weighted by Gasteiger charge is -2.24. The van der Waals surface area contributed by atoms with Crippen LogP contribution >= 0.6 is 0 Å².